The van der Waals surface area contributed by atoms with Crippen molar-refractivity contribution >= 4 is 23.2 Å². The Bertz CT molecular complexity index is 787. The molecule has 2 aromatic rings. The van der Waals surface area contributed by atoms with Crippen LogP contribution in [0.1, 0.15) is 45.8 Å². The topological polar surface area (TPSA) is 53.4 Å². The van der Waals surface area contributed by atoms with Crippen LogP contribution in [0, 0.1) is 0 Å². The summed E-state index contributed by atoms with van der Waals surface area (Å²) in [6.07, 6.45) is 6.71. The monoisotopic (exact) mass is 328 g/mol. The molecule has 1 aliphatic heterocycles. The second kappa shape index (κ2) is 5.62. The highest BCUT2D eigenvalue weighted by Gasteiger charge is 2.32. The minimum absolute atomic E-state index is 0.0347. The summed E-state index contributed by atoms with van der Waals surface area (Å²) in [4.78, 5) is 19.0. The summed E-state index contributed by atoms with van der Waals surface area (Å²) in [6.45, 7) is 0.516. The van der Waals surface area contributed by atoms with Gasteiger partial charge in [0.05, 0.1) is 18.5 Å². The lowest BCUT2D eigenvalue weighted by molar-refractivity contribution is 0.0980. The van der Waals surface area contributed by atoms with E-state index >= 15 is 0 Å². The maximum Gasteiger partial charge on any atom is 0.258 e. The minimum Gasteiger partial charge on any atom is -0.392 e. The highest BCUT2D eigenvalue weighted by Crippen LogP contribution is 2.44. The molecular weight excluding hydrogens is 312 g/mol. The zero-order valence-corrected chi connectivity index (χ0v) is 13.4. The van der Waals surface area contributed by atoms with E-state index in [1.165, 1.54) is 18.4 Å². The van der Waals surface area contributed by atoms with E-state index in [1.54, 1.807) is 18.5 Å². The molecule has 1 fully saturated rings. The van der Waals surface area contributed by atoms with Crippen molar-refractivity contribution < 1.29 is 9.90 Å². The highest BCUT2D eigenvalue weighted by molar-refractivity contribution is 6.32. The predicted octanol–water partition coefficient (Wildman–Crippen LogP) is 3.31. The van der Waals surface area contributed by atoms with Gasteiger partial charge in [0.15, 0.2) is 0 Å². The first-order valence-corrected chi connectivity index (χ1v) is 8.24. The third-order valence-electron chi connectivity index (χ3n) is 4.66. The lowest BCUT2D eigenvalue weighted by Gasteiger charge is -2.30. The van der Waals surface area contributed by atoms with Crippen molar-refractivity contribution in [1.82, 2.24) is 4.98 Å². The maximum absolute atomic E-state index is 12.9. The van der Waals surface area contributed by atoms with Crippen LogP contribution in [0.25, 0.3) is 0 Å². The molecule has 5 heteroatoms. The van der Waals surface area contributed by atoms with Gasteiger partial charge in [0.2, 0.25) is 0 Å². The SMILES string of the molecule is O=C1c2cc(Cl)c(CO)cc2CCN1c1cnccc1C1CC1. The second-order valence-corrected chi connectivity index (χ2v) is 6.58. The summed E-state index contributed by atoms with van der Waals surface area (Å²) >= 11 is 6.17. The van der Waals surface area contributed by atoms with Crippen molar-refractivity contribution in [3.05, 3.63) is 57.9 Å². The number of carbonyl (C=O) groups excluding carboxylic acids is 1. The van der Waals surface area contributed by atoms with Crippen LogP contribution in [0.15, 0.2) is 30.6 Å². The Morgan fingerprint density at radius 2 is 2.17 bits per heavy atom. The van der Waals surface area contributed by atoms with Crippen molar-refractivity contribution in [2.75, 3.05) is 11.4 Å². The number of aliphatic hydroxyl groups excluding tert-OH is 1. The number of carbonyl (C=O) groups is 1. The molecule has 1 aliphatic carbocycles. The zero-order valence-electron chi connectivity index (χ0n) is 12.6. The van der Waals surface area contributed by atoms with E-state index in [9.17, 15) is 9.90 Å². The third-order valence-corrected chi connectivity index (χ3v) is 5.02. The minimum atomic E-state index is -0.113. The van der Waals surface area contributed by atoms with E-state index in [-0.39, 0.29) is 12.5 Å². The molecule has 0 bridgehead atoms. The Morgan fingerprint density at radius 3 is 2.91 bits per heavy atom. The van der Waals surface area contributed by atoms with Crippen molar-refractivity contribution in [1.29, 1.82) is 0 Å². The molecule has 0 spiro atoms. The molecular formula is C18H17ClN2O2. The van der Waals surface area contributed by atoms with E-state index < -0.39 is 0 Å². The summed E-state index contributed by atoms with van der Waals surface area (Å²) in [5.74, 6) is 0.523. The second-order valence-electron chi connectivity index (χ2n) is 6.17. The molecule has 1 aromatic heterocycles. The summed E-state index contributed by atoms with van der Waals surface area (Å²) in [5, 5.41) is 9.77. The van der Waals surface area contributed by atoms with Crippen molar-refractivity contribution in [3.63, 3.8) is 0 Å². The zero-order chi connectivity index (χ0) is 16.0. The first kappa shape index (κ1) is 14.7. The molecule has 4 rings (SSSR count). The van der Waals surface area contributed by atoms with Gasteiger partial charge in [-0.05, 0) is 54.0 Å². The van der Waals surface area contributed by atoms with Gasteiger partial charge in [0.25, 0.3) is 5.91 Å². The van der Waals surface area contributed by atoms with Gasteiger partial charge in [0, 0.05) is 23.3 Å². The van der Waals surface area contributed by atoms with Gasteiger partial charge in [-0.15, -0.1) is 0 Å². The summed E-state index contributed by atoms with van der Waals surface area (Å²) in [6, 6.07) is 5.56. The number of rotatable bonds is 3. The number of pyridine rings is 1. The van der Waals surface area contributed by atoms with Crippen molar-refractivity contribution in [2.45, 2.75) is 31.8 Å². The highest BCUT2D eigenvalue weighted by atomic mass is 35.5. The Morgan fingerprint density at radius 1 is 1.35 bits per heavy atom. The molecule has 2 aliphatic rings. The van der Waals surface area contributed by atoms with Crippen LogP contribution in [0.4, 0.5) is 5.69 Å². The van der Waals surface area contributed by atoms with Gasteiger partial charge in [-0.25, -0.2) is 0 Å². The van der Waals surface area contributed by atoms with E-state index in [0.717, 1.165) is 17.7 Å². The number of fused-ring (bicyclic) bond motifs is 1. The fraction of sp³-hybridized carbons (Fsp3) is 0.333. The lowest BCUT2D eigenvalue weighted by Crippen LogP contribution is -2.38. The Balaban J connectivity index is 1.74. The molecule has 118 valence electrons. The van der Waals surface area contributed by atoms with Gasteiger partial charge in [0.1, 0.15) is 0 Å². The molecule has 1 aromatic carbocycles. The van der Waals surface area contributed by atoms with Crippen LogP contribution in [0.5, 0.6) is 0 Å². The van der Waals surface area contributed by atoms with Crippen LogP contribution in [0.3, 0.4) is 0 Å². The van der Waals surface area contributed by atoms with Gasteiger partial charge in [-0.3, -0.25) is 9.78 Å². The number of nitrogens with zero attached hydrogens (tertiary/aromatic N) is 2. The van der Waals surface area contributed by atoms with Crippen molar-refractivity contribution in [2.24, 2.45) is 0 Å². The number of hydrogen-bond acceptors (Lipinski definition) is 3. The Kier molecular flexibility index (Phi) is 3.58. The number of aromatic nitrogens is 1. The van der Waals surface area contributed by atoms with Crippen LogP contribution in [0.2, 0.25) is 5.02 Å². The third kappa shape index (κ3) is 2.52. The quantitative estimate of drug-likeness (QED) is 0.940. The van der Waals surface area contributed by atoms with E-state index in [1.807, 2.05) is 17.0 Å². The number of anilines is 1. The largest absolute Gasteiger partial charge is 0.392 e. The number of aliphatic hydroxyl groups is 1. The number of halogens is 1. The van der Waals surface area contributed by atoms with E-state index in [0.29, 0.717) is 28.6 Å². The average molecular weight is 329 g/mol. The Labute approximate surface area is 139 Å². The molecule has 0 atom stereocenters. The number of hydrogen-bond donors (Lipinski definition) is 1. The lowest BCUT2D eigenvalue weighted by atomic mass is 9.95. The molecule has 0 radical (unpaired) electrons. The molecule has 1 N–H and O–H groups in total. The fourth-order valence-corrected chi connectivity index (χ4v) is 3.49. The number of benzene rings is 1. The standard InChI is InChI=1S/C18H17ClN2O2/c19-16-8-15-12(7-13(16)10-22)4-6-21(18(15)23)17-9-20-5-3-14(17)11-1-2-11/h3,5,7-9,11,22H,1-2,4,6,10H2. The normalized spacial score (nSPS) is 17.3. The summed E-state index contributed by atoms with van der Waals surface area (Å²) < 4.78 is 0. The molecule has 4 nitrogen and oxygen atoms in total. The Hall–Kier alpha value is -1.91. The van der Waals surface area contributed by atoms with E-state index in [2.05, 4.69) is 4.98 Å². The molecule has 0 saturated heterocycles. The summed E-state index contributed by atoms with van der Waals surface area (Å²) in [5.41, 5.74) is 4.40. The maximum atomic E-state index is 12.9. The smallest absolute Gasteiger partial charge is 0.258 e. The first-order chi connectivity index (χ1) is 11.2. The van der Waals surface area contributed by atoms with Crippen molar-refractivity contribution in [3.8, 4) is 0 Å². The number of amides is 1. The van der Waals surface area contributed by atoms with E-state index in [4.69, 9.17) is 11.6 Å². The fourth-order valence-electron chi connectivity index (χ4n) is 3.27. The van der Waals surface area contributed by atoms with Crippen LogP contribution >= 0.6 is 11.6 Å². The molecule has 23 heavy (non-hydrogen) atoms. The van der Waals surface area contributed by atoms with Crippen LogP contribution in [-0.2, 0) is 13.0 Å². The van der Waals surface area contributed by atoms with Crippen LogP contribution < -0.4 is 4.90 Å². The molecule has 0 unspecified atom stereocenters. The predicted molar refractivity (Wildman–Crippen MR) is 89.0 cm³/mol. The first-order valence-electron chi connectivity index (χ1n) is 7.87. The van der Waals surface area contributed by atoms with Gasteiger partial charge in [-0.1, -0.05) is 17.7 Å². The average Bonchev–Trinajstić information content (AvgIpc) is 3.40. The molecule has 1 saturated carbocycles. The van der Waals surface area contributed by atoms with Gasteiger partial charge in [-0.2, -0.15) is 0 Å². The van der Waals surface area contributed by atoms with Gasteiger partial charge < -0.3 is 10.0 Å². The summed E-state index contributed by atoms with van der Waals surface area (Å²) in [7, 11) is 0. The van der Waals surface area contributed by atoms with Crippen LogP contribution in [-0.4, -0.2) is 22.5 Å². The van der Waals surface area contributed by atoms with Gasteiger partial charge >= 0.3 is 0 Å². The molecule has 1 amide bonds. The molecule has 2 heterocycles.